The smallest absolute Gasteiger partial charge is 0.394 e. The highest BCUT2D eigenvalue weighted by Gasteiger charge is 2.22. The number of carbonyl (C=O) groups is 2. The number of rotatable bonds is 3. The van der Waals surface area contributed by atoms with Crippen molar-refractivity contribution in [3.63, 3.8) is 0 Å². The van der Waals surface area contributed by atoms with Crippen LogP contribution in [0.4, 0.5) is 0 Å². The van der Waals surface area contributed by atoms with E-state index in [-0.39, 0.29) is 6.04 Å². The van der Waals surface area contributed by atoms with Crippen molar-refractivity contribution in [2.24, 2.45) is 0 Å². The summed E-state index contributed by atoms with van der Waals surface area (Å²) in [5, 5.41) is 8.40. The van der Waals surface area contributed by atoms with E-state index < -0.39 is 11.9 Å². The van der Waals surface area contributed by atoms with Gasteiger partial charge in [-0.1, -0.05) is 13.8 Å². The number of amides is 1. The molecule has 0 saturated heterocycles. The van der Waals surface area contributed by atoms with Gasteiger partial charge in [0.25, 0.3) is 0 Å². The zero-order chi connectivity index (χ0) is 9.72. The Morgan fingerprint density at radius 1 is 1.33 bits per heavy atom. The normalized spacial score (nSPS) is 10.0. The van der Waals surface area contributed by atoms with E-state index in [0.717, 1.165) is 12.8 Å². The van der Waals surface area contributed by atoms with Crippen molar-refractivity contribution < 1.29 is 14.7 Å². The van der Waals surface area contributed by atoms with Crippen LogP contribution in [0, 0.1) is 0 Å². The molecule has 0 atom stereocenters. The summed E-state index contributed by atoms with van der Waals surface area (Å²) in [5.41, 5.74) is 0. The quantitative estimate of drug-likeness (QED) is 0.640. The summed E-state index contributed by atoms with van der Waals surface area (Å²) in [6.45, 7) is 3.86. The van der Waals surface area contributed by atoms with Gasteiger partial charge in [0, 0.05) is 13.1 Å². The summed E-state index contributed by atoms with van der Waals surface area (Å²) in [5.74, 6) is -2.21. The third kappa shape index (κ3) is 2.53. The SMILES string of the molecule is CCC(CC)N(C)C(=O)C(=O)O. The van der Waals surface area contributed by atoms with Crippen molar-refractivity contribution in [2.75, 3.05) is 7.05 Å². The van der Waals surface area contributed by atoms with Crippen LogP contribution in [0.2, 0.25) is 0 Å². The summed E-state index contributed by atoms with van der Waals surface area (Å²) < 4.78 is 0. The van der Waals surface area contributed by atoms with E-state index in [4.69, 9.17) is 5.11 Å². The molecule has 0 radical (unpaired) electrons. The third-order valence-electron chi connectivity index (χ3n) is 1.99. The Kier molecular flexibility index (Phi) is 4.33. The minimum Gasteiger partial charge on any atom is -0.474 e. The maximum Gasteiger partial charge on any atom is 0.394 e. The van der Waals surface area contributed by atoms with Gasteiger partial charge >= 0.3 is 11.9 Å². The lowest BCUT2D eigenvalue weighted by Gasteiger charge is -2.24. The number of hydrogen-bond donors (Lipinski definition) is 1. The third-order valence-corrected chi connectivity index (χ3v) is 1.99. The lowest BCUT2D eigenvalue weighted by Crippen LogP contribution is -2.40. The van der Waals surface area contributed by atoms with E-state index >= 15 is 0 Å². The molecule has 4 nitrogen and oxygen atoms in total. The fourth-order valence-corrected chi connectivity index (χ4v) is 1.15. The molecule has 0 aromatic rings. The lowest BCUT2D eigenvalue weighted by atomic mass is 10.1. The molecule has 70 valence electrons. The van der Waals surface area contributed by atoms with Gasteiger partial charge in [-0.3, -0.25) is 4.79 Å². The average molecular weight is 173 g/mol. The molecule has 4 heteroatoms. The molecule has 0 aliphatic carbocycles. The first-order chi connectivity index (χ1) is 5.54. The Labute approximate surface area is 72.2 Å². The average Bonchev–Trinajstić information content (AvgIpc) is 2.05. The zero-order valence-corrected chi connectivity index (χ0v) is 7.70. The Balaban J connectivity index is 4.25. The Morgan fingerprint density at radius 3 is 2.00 bits per heavy atom. The predicted molar refractivity (Wildman–Crippen MR) is 44.8 cm³/mol. The monoisotopic (exact) mass is 173 g/mol. The van der Waals surface area contributed by atoms with Crippen LogP contribution in [0.1, 0.15) is 26.7 Å². The van der Waals surface area contributed by atoms with E-state index in [9.17, 15) is 9.59 Å². The number of carbonyl (C=O) groups excluding carboxylic acids is 1. The van der Waals surface area contributed by atoms with Gasteiger partial charge in [-0.25, -0.2) is 4.79 Å². The molecule has 0 aromatic carbocycles. The molecule has 0 spiro atoms. The molecule has 12 heavy (non-hydrogen) atoms. The van der Waals surface area contributed by atoms with Crippen molar-refractivity contribution >= 4 is 11.9 Å². The fraction of sp³-hybridized carbons (Fsp3) is 0.750. The summed E-state index contributed by atoms with van der Waals surface area (Å²) in [4.78, 5) is 22.5. The van der Waals surface area contributed by atoms with Crippen LogP contribution in [0.3, 0.4) is 0 Å². The number of likely N-dealkylation sites (N-methyl/N-ethyl adjacent to an activating group) is 1. The molecule has 0 aliphatic heterocycles. The highest BCUT2D eigenvalue weighted by atomic mass is 16.4. The number of nitrogens with zero attached hydrogens (tertiary/aromatic N) is 1. The molecule has 0 aromatic heterocycles. The van der Waals surface area contributed by atoms with E-state index in [1.165, 1.54) is 11.9 Å². The molecule has 0 bridgehead atoms. The Morgan fingerprint density at radius 2 is 1.75 bits per heavy atom. The van der Waals surface area contributed by atoms with Crippen molar-refractivity contribution in [1.29, 1.82) is 0 Å². The Hall–Kier alpha value is -1.06. The highest BCUT2D eigenvalue weighted by Crippen LogP contribution is 2.05. The van der Waals surface area contributed by atoms with Gasteiger partial charge in [0.2, 0.25) is 0 Å². The van der Waals surface area contributed by atoms with E-state index in [1.54, 1.807) is 0 Å². The highest BCUT2D eigenvalue weighted by molar-refractivity contribution is 6.31. The molecule has 0 saturated carbocycles. The molecule has 0 heterocycles. The molecular weight excluding hydrogens is 158 g/mol. The number of aliphatic carboxylic acids is 1. The molecule has 1 amide bonds. The number of hydrogen-bond acceptors (Lipinski definition) is 2. The van der Waals surface area contributed by atoms with Crippen LogP contribution in [-0.4, -0.2) is 35.0 Å². The van der Waals surface area contributed by atoms with Crippen molar-refractivity contribution in [3.05, 3.63) is 0 Å². The van der Waals surface area contributed by atoms with Crippen molar-refractivity contribution in [3.8, 4) is 0 Å². The van der Waals surface area contributed by atoms with Crippen LogP contribution in [0.15, 0.2) is 0 Å². The Bertz CT molecular complexity index is 175. The molecule has 0 fully saturated rings. The summed E-state index contributed by atoms with van der Waals surface area (Å²) in [6.07, 6.45) is 1.57. The van der Waals surface area contributed by atoms with E-state index in [2.05, 4.69) is 0 Å². The predicted octanol–water partition coefficient (Wildman–Crippen LogP) is 0.718. The molecular formula is C8H15NO3. The van der Waals surface area contributed by atoms with Crippen LogP contribution < -0.4 is 0 Å². The number of carboxylic acids is 1. The first-order valence-electron chi connectivity index (χ1n) is 4.04. The summed E-state index contributed by atoms with van der Waals surface area (Å²) in [6, 6.07) is 0.0357. The van der Waals surface area contributed by atoms with Gasteiger partial charge in [0.05, 0.1) is 0 Å². The van der Waals surface area contributed by atoms with Crippen LogP contribution in [0.25, 0.3) is 0 Å². The number of carboxylic acid groups (broad SMARTS) is 1. The first kappa shape index (κ1) is 10.9. The minimum atomic E-state index is -1.38. The standard InChI is InChI=1S/C8H15NO3/c1-4-6(5-2)9(3)7(10)8(11)12/h6H,4-5H2,1-3H3,(H,11,12). The van der Waals surface area contributed by atoms with Gasteiger partial charge in [-0.2, -0.15) is 0 Å². The van der Waals surface area contributed by atoms with E-state index in [1.807, 2.05) is 13.8 Å². The second-order valence-corrected chi connectivity index (χ2v) is 2.69. The fourth-order valence-electron chi connectivity index (χ4n) is 1.15. The van der Waals surface area contributed by atoms with E-state index in [0.29, 0.717) is 0 Å². The molecule has 0 unspecified atom stereocenters. The van der Waals surface area contributed by atoms with Crippen LogP contribution >= 0.6 is 0 Å². The van der Waals surface area contributed by atoms with Gasteiger partial charge < -0.3 is 10.0 Å². The van der Waals surface area contributed by atoms with Crippen molar-refractivity contribution in [1.82, 2.24) is 4.90 Å². The van der Waals surface area contributed by atoms with Gasteiger partial charge in [-0.05, 0) is 12.8 Å². The minimum absolute atomic E-state index is 0.0357. The zero-order valence-electron chi connectivity index (χ0n) is 7.70. The maximum absolute atomic E-state index is 10.9. The van der Waals surface area contributed by atoms with Gasteiger partial charge in [0.15, 0.2) is 0 Å². The summed E-state index contributed by atoms with van der Waals surface area (Å²) in [7, 11) is 1.52. The molecule has 0 aliphatic rings. The summed E-state index contributed by atoms with van der Waals surface area (Å²) >= 11 is 0. The van der Waals surface area contributed by atoms with Gasteiger partial charge in [0.1, 0.15) is 0 Å². The second kappa shape index (κ2) is 4.74. The lowest BCUT2D eigenvalue weighted by molar-refractivity contribution is -0.156. The maximum atomic E-state index is 10.9. The van der Waals surface area contributed by atoms with Gasteiger partial charge in [-0.15, -0.1) is 0 Å². The second-order valence-electron chi connectivity index (χ2n) is 2.69. The molecule has 1 N–H and O–H groups in total. The van der Waals surface area contributed by atoms with Crippen LogP contribution in [-0.2, 0) is 9.59 Å². The topological polar surface area (TPSA) is 57.6 Å². The molecule has 0 rings (SSSR count). The largest absolute Gasteiger partial charge is 0.474 e. The first-order valence-corrected chi connectivity index (χ1v) is 4.04. The van der Waals surface area contributed by atoms with Crippen LogP contribution in [0.5, 0.6) is 0 Å². The van der Waals surface area contributed by atoms with Crippen molar-refractivity contribution in [2.45, 2.75) is 32.7 Å².